The summed E-state index contributed by atoms with van der Waals surface area (Å²) in [5.41, 5.74) is 0.240. The summed E-state index contributed by atoms with van der Waals surface area (Å²) < 4.78 is 6.30. The van der Waals surface area contributed by atoms with Crippen molar-refractivity contribution in [1.82, 2.24) is 0 Å². The molecule has 6 atom stereocenters. The second-order valence-corrected chi connectivity index (χ2v) is 8.77. The van der Waals surface area contributed by atoms with E-state index in [1.165, 1.54) is 0 Å². The van der Waals surface area contributed by atoms with Crippen LogP contribution in [0.25, 0.3) is 0 Å². The largest absolute Gasteiger partial charge is 0.481 e. The number of carbonyl (C=O) groups excluding carboxylic acids is 1. The molecule has 3 aliphatic rings. The summed E-state index contributed by atoms with van der Waals surface area (Å²) in [4.78, 5) is 24.6. The van der Waals surface area contributed by atoms with Crippen molar-refractivity contribution in [1.29, 1.82) is 0 Å². The van der Waals surface area contributed by atoms with Crippen LogP contribution in [0.15, 0.2) is 22.8 Å². The number of rotatable bonds is 4. The zero-order valence-corrected chi connectivity index (χ0v) is 16.3. The lowest BCUT2D eigenvalue weighted by Gasteiger charge is -2.42. The fourth-order valence-electron chi connectivity index (χ4n) is 5.34. The molecule has 0 aromatic heterocycles. The summed E-state index contributed by atoms with van der Waals surface area (Å²) in [6, 6.07) is 0. The van der Waals surface area contributed by atoms with Crippen LogP contribution in [0.4, 0.5) is 0 Å². The maximum atomic E-state index is 13.5. The standard InChI is InChI=1S/C21H30O5/c1-11(2)10-15-17-13(4)14-7-6-12(3)21(14,25)19(24)18(17)20(5,26-15)9-8-16(22)23/h10,12-15,25H,6-9H2,1-5H3,(H,22,23)/t12-,13-,14-,15+,20-,21+/m0/s1. The quantitative estimate of drug-likeness (QED) is 0.750. The third-order valence-corrected chi connectivity index (χ3v) is 6.72. The van der Waals surface area contributed by atoms with Crippen LogP contribution in [0.3, 0.4) is 0 Å². The highest BCUT2D eigenvalue weighted by Gasteiger charge is 2.63. The fourth-order valence-corrected chi connectivity index (χ4v) is 5.34. The van der Waals surface area contributed by atoms with Gasteiger partial charge in [-0.3, -0.25) is 9.59 Å². The molecule has 2 N–H and O–H groups in total. The highest BCUT2D eigenvalue weighted by molar-refractivity contribution is 6.06. The van der Waals surface area contributed by atoms with Crippen molar-refractivity contribution in [3.63, 3.8) is 0 Å². The first kappa shape index (κ1) is 19.3. The molecule has 1 heterocycles. The van der Waals surface area contributed by atoms with E-state index in [4.69, 9.17) is 9.84 Å². The van der Waals surface area contributed by atoms with Gasteiger partial charge in [0.2, 0.25) is 0 Å². The van der Waals surface area contributed by atoms with Crippen LogP contribution in [-0.2, 0) is 14.3 Å². The lowest BCUT2D eigenvalue weighted by atomic mass is 9.62. The SMILES string of the molecule is CC(C)=C[C@H]1O[C@@](C)(CCC(=O)O)C2=C1[C@@H](C)[C@@H]1CC[C@H](C)[C@]1(O)C2=O. The van der Waals surface area contributed by atoms with Crippen LogP contribution in [0, 0.1) is 17.8 Å². The van der Waals surface area contributed by atoms with E-state index < -0.39 is 17.2 Å². The van der Waals surface area contributed by atoms with Crippen LogP contribution in [0.2, 0.25) is 0 Å². The Hall–Kier alpha value is -1.46. The summed E-state index contributed by atoms with van der Waals surface area (Å²) in [5, 5.41) is 20.5. The molecule has 2 aliphatic carbocycles. The molecule has 0 amide bonds. The lowest BCUT2D eigenvalue weighted by molar-refractivity contribution is -0.147. The monoisotopic (exact) mass is 362 g/mol. The Labute approximate surface area is 155 Å². The molecule has 0 aromatic carbocycles. The van der Waals surface area contributed by atoms with E-state index in [0.29, 0.717) is 5.57 Å². The molecule has 5 heteroatoms. The van der Waals surface area contributed by atoms with E-state index in [0.717, 1.165) is 24.0 Å². The van der Waals surface area contributed by atoms with Crippen LogP contribution in [-0.4, -0.2) is 39.3 Å². The van der Waals surface area contributed by atoms with Crippen molar-refractivity contribution in [2.45, 2.75) is 77.6 Å². The third-order valence-electron chi connectivity index (χ3n) is 6.72. The van der Waals surface area contributed by atoms with Gasteiger partial charge >= 0.3 is 5.97 Å². The molecular formula is C21H30O5. The van der Waals surface area contributed by atoms with E-state index in [2.05, 4.69) is 6.92 Å². The Morgan fingerprint density at radius 1 is 1.31 bits per heavy atom. The van der Waals surface area contributed by atoms with Crippen molar-refractivity contribution >= 4 is 11.8 Å². The number of ketones is 1. The molecule has 0 aromatic rings. The zero-order chi connectivity index (χ0) is 19.4. The number of carboxylic acid groups (broad SMARTS) is 1. The normalized spacial score (nSPS) is 41.8. The molecule has 0 radical (unpaired) electrons. The summed E-state index contributed by atoms with van der Waals surface area (Å²) >= 11 is 0. The number of aliphatic carboxylic acids is 1. The van der Waals surface area contributed by atoms with Crippen molar-refractivity contribution in [3.8, 4) is 0 Å². The van der Waals surface area contributed by atoms with Crippen LogP contribution in [0.1, 0.15) is 60.3 Å². The summed E-state index contributed by atoms with van der Waals surface area (Å²) in [5.74, 6) is -1.31. The van der Waals surface area contributed by atoms with E-state index >= 15 is 0 Å². The molecule has 26 heavy (non-hydrogen) atoms. The maximum Gasteiger partial charge on any atom is 0.303 e. The number of fused-ring (bicyclic) bond motifs is 1. The lowest BCUT2D eigenvalue weighted by Crippen LogP contribution is -2.55. The maximum absolute atomic E-state index is 13.5. The first-order chi connectivity index (χ1) is 12.0. The fraction of sp³-hybridized carbons (Fsp3) is 0.714. The molecule has 0 bridgehead atoms. The molecule has 1 fully saturated rings. The summed E-state index contributed by atoms with van der Waals surface area (Å²) in [6.45, 7) is 9.79. The van der Waals surface area contributed by atoms with Gasteiger partial charge in [0.15, 0.2) is 5.78 Å². The topological polar surface area (TPSA) is 83.8 Å². The Morgan fingerprint density at radius 3 is 2.54 bits per heavy atom. The van der Waals surface area contributed by atoms with Gasteiger partial charge in [-0.2, -0.15) is 0 Å². The van der Waals surface area contributed by atoms with Crippen LogP contribution >= 0.6 is 0 Å². The van der Waals surface area contributed by atoms with Gasteiger partial charge < -0.3 is 14.9 Å². The predicted molar refractivity (Wildman–Crippen MR) is 97.6 cm³/mol. The van der Waals surface area contributed by atoms with Gasteiger partial charge in [-0.1, -0.05) is 25.5 Å². The van der Waals surface area contributed by atoms with Crippen LogP contribution < -0.4 is 0 Å². The molecular weight excluding hydrogens is 332 g/mol. The van der Waals surface area contributed by atoms with Gasteiger partial charge in [0.05, 0.1) is 11.7 Å². The third kappa shape index (κ3) is 2.67. The highest BCUT2D eigenvalue weighted by atomic mass is 16.5. The van der Waals surface area contributed by atoms with E-state index in [1.54, 1.807) is 6.92 Å². The van der Waals surface area contributed by atoms with E-state index in [-0.39, 0.29) is 42.5 Å². The Bertz CT molecular complexity index is 701. The number of aliphatic hydroxyl groups is 1. The van der Waals surface area contributed by atoms with Gasteiger partial charge in [0.25, 0.3) is 0 Å². The smallest absolute Gasteiger partial charge is 0.303 e. The van der Waals surface area contributed by atoms with Gasteiger partial charge in [0, 0.05) is 17.9 Å². The molecule has 0 saturated heterocycles. The number of carboxylic acids is 1. The minimum Gasteiger partial charge on any atom is -0.481 e. The average Bonchev–Trinajstić information content (AvgIpc) is 2.99. The number of ether oxygens (including phenoxy) is 1. The number of carbonyl (C=O) groups is 2. The average molecular weight is 362 g/mol. The Balaban J connectivity index is 2.13. The molecule has 0 unspecified atom stereocenters. The molecule has 0 spiro atoms. The molecule has 1 saturated carbocycles. The Kier molecular flexibility index (Phi) is 4.68. The van der Waals surface area contributed by atoms with Gasteiger partial charge in [-0.15, -0.1) is 0 Å². The van der Waals surface area contributed by atoms with Crippen LogP contribution in [0.5, 0.6) is 0 Å². The number of Topliss-reactive ketones (excluding diaryl/α,β-unsaturated/α-hetero) is 1. The van der Waals surface area contributed by atoms with Crippen molar-refractivity contribution in [2.24, 2.45) is 17.8 Å². The first-order valence-corrected chi connectivity index (χ1v) is 9.58. The highest BCUT2D eigenvalue weighted by Crippen LogP contribution is 2.57. The number of hydrogen-bond donors (Lipinski definition) is 2. The molecule has 144 valence electrons. The van der Waals surface area contributed by atoms with E-state index in [9.17, 15) is 14.7 Å². The van der Waals surface area contributed by atoms with Gasteiger partial charge in [-0.25, -0.2) is 0 Å². The van der Waals surface area contributed by atoms with E-state index in [1.807, 2.05) is 26.8 Å². The van der Waals surface area contributed by atoms with Crippen molar-refractivity contribution in [2.75, 3.05) is 0 Å². The molecule has 3 rings (SSSR count). The second kappa shape index (κ2) is 6.31. The first-order valence-electron chi connectivity index (χ1n) is 9.58. The number of allylic oxidation sites excluding steroid dienone is 1. The minimum absolute atomic E-state index is 0.0323. The summed E-state index contributed by atoms with van der Waals surface area (Å²) in [7, 11) is 0. The minimum atomic E-state index is -1.36. The number of hydrogen-bond acceptors (Lipinski definition) is 4. The van der Waals surface area contributed by atoms with Gasteiger partial charge in [0.1, 0.15) is 5.60 Å². The Morgan fingerprint density at radius 2 is 1.96 bits per heavy atom. The summed E-state index contributed by atoms with van der Waals surface area (Å²) in [6.07, 6.45) is 3.49. The molecule has 5 nitrogen and oxygen atoms in total. The van der Waals surface area contributed by atoms with Crippen molar-refractivity contribution in [3.05, 3.63) is 22.8 Å². The molecule has 1 aliphatic heterocycles. The van der Waals surface area contributed by atoms with Gasteiger partial charge in [-0.05, 0) is 57.4 Å². The zero-order valence-electron chi connectivity index (χ0n) is 16.3. The predicted octanol–water partition coefficient (Wildman–Crippen LogP) is 3.27. The van der Waals surface area contributed by atoms with Crippen molar-refractivity contribution < 1.29 is 24.5 Å². The second-order valence-electron chi connectivity index (χ2n) is 8.77.